The Morgan fingerprint density at radius 2 is 2.06 bits per heavy atom. The molecule has 1 heterocycles. The van der Waals surface area contributed by atoms with Gasteiger partial charge in [-0.25, -0.2) is 0 Å². The van der Waals surface area contributed by atoms with E-state index in [1.54, 1.807) is 0 Å². The average molecular weight is 230 g/mol. The van der Waals surface area contributed by atoms with Crippen molar-refractivity contribution in [2.45, 2.75) is 51.2 Å². The lowest BCUT2D eigenvalue weighted by Crippen LogP contribution is -2.20. The monoisotopic (exact) mass is 230 g/mol. The van der Waals surface area contributed by atoms with Gasteiger partial charge in [0.1, 0.15) is 6.10 Å². The molecule has 2 unspecified atom stereocenters. The Hall–Kier alpha value is -1.15. The van der Waals surface area contributed by atoms with E-state index in [2.05, 4.69) is 12.1 Å². The van der Waals surface area contributed by atoms with Crippen molar-refractivity contribution < 1.29 is 9.53 Å². The quantitative estimate of drug-likeness (QED) is 0.730. The lowest BCUT2D eigenvalue weighted by Gasteiger charge is -2.11. The first kappa shape index (κ1) is 11.0. The molecule has 0 spiro atoms. The number of carbonyl (C=O) groups is 1. The maximum atomic E-state index is 12.3. The van der Waals surface area contributed by atoms with Crippen LogP contribution in [0, 0.1) is 0 Å². The van der Waals surface area contributed by atoms with E-state index in [-0.39, 0.29) is 18.0 Å². The number of carbonyl (C=O) groups excluding carboxylic acids is 1. The molecule has 2 aliphatic rings. The van der Waals surface area contributed by atoms with Crippen LogP contribution in [0.2, 0.25) is 0 Å². The highest BCUT2D eigenvalue weighted by atomic mass is 16.5. The van der Waals surface area contributed by atoms with Gasteiger partial charge in [-0.3, -0.25) is 4.79 Å². The number of hydrogen-bond acceptors (Lipinski definition) is 2. The van der Waals surface area contributed by atoms with E-state index in [0.29, 0.717) is 0 Å². The van der Waals surface area contributed by atoms with Crippen LogP contribution in [0.5, 0.6) is 0 Å². The molecule has 0 bridgehead atoms. The van der Waals surface area contributed by atoms with Crippen LogP contribution >= 0.6 is 0 Å². The molecule has 90 valence electrons. The zero-order valence-electron chi connectivity index (χ0n) is 10.2. The van der Waals surface area contributed by atoms with Gasteiger partial charge in [-0.2, -0.15) is 0 Å². The van der Waals surface area contributed by atoms with Gasteiger partial charge in [0.15, 0.2) is 5.78 Å². The van der Waals surface area contributed by atoms with Crippen LogP contribution in [0.1, 0.15) is 47.7 Å². The van der Waals surface area contributed by atoms with E-state index < -0.39 is 0 Å². The van der Waals surface area contributed by atoms with E-state index in [9.17, 15) is 4.79 Å². The summed E-state index contributed by atoms with van der Waals surface area (Å²) in [5, 5.41) is 0. The highest BCUT2D eigenvalue weighted by Crippen LogP contribution is 2.26. The SMILES string of the molecule is CC1CCC(C(=O)c2ccc3c(c2)CCC3)O1. The first-order valence-corrected chi connectivity index (χ1v) is 6.55. The summed E-state index contributed by atoms with van der Waals surface area (Å²) in [5.74, 6) is 0.170. The lowest BCUT2D eigenvalue weighted by molar-refractivity contribution is 0.0433. The van der Waals surface area contributed by atoms with Gasteiger partial charge in [0.05, 0.1) is 6.10 Å². The molecule has 17 heavy (non-hydrogen) atoms. The summed E-state index contributed by atoms with van der Waals surface area (Å²) in [4.78, 5) is 12.3. The summed E-state index contributed by atoms with van der Waals surface area (Å²) in [5.41, 5.74) is 3.62. The average Bonchev–Trinajstić information content (AvgIpc) is 2.95. The number of ether oxygens (including phenoxy) is 1. The minimum absolute atomic E-state index is 0.170. The number of Topliss-reactive ketones (excluding diaryl/α,β-unsaturated/α-hetero) is 1. The van der Waals surface area contributed by atoms with Crippen molar-refractivity contribution in [1.29, 1.82) is 0 Å². The minimum atomic E-state index is -0.204. The third kappa shape index (κ3) is 2.02. The summed E-state index contributed by atoms with van der Waals surface area (Å²) in [7, 11) is 0. The second-order valence-electron chi connectivity index (χ2n) is 5.21. The fourth-order valence-corrected chi connectivity index (χ4v) is 2.91. The summed E-state index contributed by atoms with van der Waals surface area (Å²) in [6, 6.07) is 6.17. The van der Waals surface area contributed by atoms with Gasteiger partial charge in [-0.05, 0) is 56.2 Å². The normalized spacial score (nSPS) is 27.1. The van der Waals surface area contributed by atoms with Gasteiger partial charge >= 0.3 is 0 Å². The van der Waals surface area contributed by atoms with Crippen molar-refractivity contribution in [3.05, 3.63) is 34.9 Å². The third-order valence-corrected chi connectivity index (χ3v) is 3.91. The van der Waals surface area contributed by atoms with Crippen LogP contribution in [0.4, 0.5) is 0 Å². The third-order valence-electron chi connectivity index (χ3n) is 3.91. The fourth-order valence-electron chi connectivity index (χ4n) is 2.91. The van der Waals surface area contributed by atoms with Crippen molar-refractivity contribution >= 4 is 5.78 Å². The second kappa shape index (κ2) is 4.26. The summed E-state index contributed by atoms with van der Waals surface area (Å²) >= 11 is 0. The largest absolute Gasteiger partial charge is 0.367 e. The summed E-state index contributed by atoms with van der Waals surface area (Å²) in [6.07, 6.45) is 5.42. The fraction of sp³-hybridized carbons (Fsp3) is 0.533. The summed E-state index contributed by atoms with van der Waals surface area (Å²) < 4.78 is 5.65. The molecule has 1 aromatic carbocycles. The molecule has 0 radical (unpaired) electrons. The van der Waals surface area contributed by atoms with Gasteiger partial charge < -0.3 is 4.74 Å². The predicted molar refractivity (Wildman–Crippen MR) is 66.4 cm³/mol. The van der Waals surface area contributed by atoms with Gasteiger partial charge in [0, 0.05) is 5.56 Å². The van der Waals surface area contributed by atoms with Gasteiger partial charge in [0.2, 0.25) is 0 Å². The number of benzene rings is 1. The minimum Gasteiger partial charge on any atom is -0.367 e. The Kier molecular flexibility index (Phi) is 2.75. The molecule has 2 atom stereocenters. The molecule has 2 heteroatoms. The van der Waals surface area contributed by atoms with Crippen LogP contribution in [-0.2, 0) is 17.6 Å². The molecular formula is C15H18O2. The van der Waals surface area contributed by atoms with Crippen molar-refractivity contribution in [2.24, 2.45) is 0 Å². The maximum absolute atomic E-state index is 12.3. The number of hydrogen-bond donors (Lipinski definition) is 0. The van der Waals surface area contributed by atoms with E-state index >= 15 is 0 Å². The Morgan fingerprint density at radius 1 is 1.24 bits per heavy atom. The molecular weight excluding hydrogens is 212 g/mol. The lowest BCUT2D eigenvalue weighted by atomic mass is 10.00. The van der Waals surface area contributed by atoms with E-state index in [1.807, 2.05) is 13.0 Å². The van der Waals surface area contributed by atoms with E-state index in [4.69, 9.17) is 4.74 Å². The molecule has 1 fully saturated rings. The first-order valence-electron chi connectivity index (χ1n) is 6.55. The van der Waals surface area contributed by atoms with Crippen LogP contribution in [-0.4, -0.2) is 18.0 Å². The smallest absolute Gasteiger partial charge is 0.191 e. The van der Waals surface area contributed by atoms with Gasteiger partial charge in [-0.15, -0.1) is 0 Å². The zero-order chi connectivity index (χ0) is 11.8. The number of rotatable bonds is 2. The zero-order valence-corrected chi connectivity index (χ0v) is 10.2. The Labute approximate surface area is 102 Å². The molecule has 1 aliphatic carbocycles. The Balaban J connectivity index is 1.82. The molecule has 0 N–H and O–H groups in total. The molecule has 1 aromatic rings. The molecule has 0 aromatic heterocycles. The second-order valence-corrected chi connectivity index (χ2v) is 5.21. The van der Waals surface area contributed by atoms with Crippen LogP contribution in [0.3, 0.4) is 0 Å². The molecule has 0 saturated carbocycles. The van der Waals surface area contributed by atoms with Gasteiger partial charge in [0.25, 0.3) is 0 Å². The predicted octanol–water partition coefficient (Wildman–Crippen LogP) is 2.93. The Bertz CT molecular complexity index is 450. The highest BCUT2D eigenvalue weighted by Gasteiger charge is 2.29. The maximum Gasteiger partial charge on any atom is 0.191 e. The van der Waals surface area contributed by atoms with Crippen molar-refractivity contribution in [3.63, 3.8) is 0 Å². The van der Waals surface area contributed by atoms with Crippen LogP contribution in [0.25, 0.3) is 0 Å². The number of fused-ring (bicyclic) bond motifs is 1. The highest BCUT2D eigenvalue weighted by molar-refractivity contribution is 5.99. The number of aryl methyl sites for hydroxylation is 2. The van der Waals surface area contributed by atoms with E-state index in [0.717, 1.165) is 24.8 Å². The van der Waals surface area contributed by atoms with Crippen molar-refractivity contribution in [3.8, 4) is 0 Å². The molecule has 1 aliphatic heterocycles. The number of ketones is 1. The van der Waals surface area contributed by atoms with Crippen LogP contribution in [0.15, 0.2) is 18.2 Å². The topological polar surface area (TPSA) is 26.3 Å². The summed E-state index contributed by atoms with van der Waals surface area (Å²) in [6.45, 7) is 2.04. The molecule has 0 amide bonds. The Morgan fingerprint density at radius 3 is 2.82 bits per heavy atom. The molecule has 1 saturated heterocycles. The molecule has 3 rings (SSSR count). The van der Waals surface area contributed by atoms with Crippen LogP contribution < -0.4 is 0 Å². The first-order chi connectivity index (χ1) is 8.24. The van der Waals surface area contributed by atoms with E-state index in [1.165, 1.54) is 24.0 Å². The van der Waals surface area contributed by atoms with Gasteiger partial charge in [-0.1, -0.05) is 12.1 Å². The standard InChI is InChI=1S/C15H18O2/c1-10-5-8-14(17-10)15(16)13-7-6-11-3-2-4-12(11)9-13/h6-7,9-10,14H,2-5,8H2,1H3. The van der Waals surface area contributed by atoms with Crippen molar-refractivity contribution in [2.75, 3.05) is 0 Å². The molecule has 2 nitrogen and oxygen atoms in total. The van der Waals surface area contributed by atoms with Crippen molar-refractivity contribution in [1.82, 2.24) is 0 Å².